The summed E-state index contributed by atoms with van der Waals surface area (Å²) < 4.78 is 1.86. The molecular weight excluding hydrogens is 332 g/mol. The van der Waals surface area contributed by atoms with Crippen molar-refractivity contribution in [3.8, 4) is 0 Å². The number of carbonyl (C=O) groups excluding carboxylic acids is 1. The molecule has 0 bridgehead atoms. The summed E-state index contributed by atoms with van der Waals surface area (Å²) >= 11 is 0. The summed E-state index contributed by atoms with van der Waals surface area (Å²) in [6.07, 6.45) is 1.60. The van der Waals surface area contributed by atoms with E-state index in [2.05, 4.69) is 15.6 Å². The molecule has 0 aliphatic carbocycles. The first-order valence-electron chi connectivity index (χ1n) is 9.48. The van der Waals surface area contributed by atoms with E-state index in [-0.39, 0.29) is 17.8 Å². The zero-order chi connectivity index (χ0) is 17.9. The molecule has 0 radical (unpaired) electrons. The molecule has 1 aromatic carbocycles. The van der Waals surface area contributed by atoms with Gasteiger partial charge in [0.25, 0.3) is 0 Å². The number of para-hydroxylation sites is 2. The van der Waals surface area contributed by atoms with E-state index in [1.165, 1.54) is 4.90 Å². The van der Waals surface area contributed by atoms with Crippen molar-refractivity contribution in [2.45, 2.75) is 18.9 Å². The molecule has 1 aromatic heterocycles. The van der Waals surface area contributed by atoms with Gasteiger partial charge in [-0.3, -0.25) is 9.88 Å². The maximum atomic E-state index is 12.4. The minimum atomic E-state index is -0.0590. The smallest absolute Gasteiger partial charge is 0.326 e. The van der Waals surface area contributed by atoms with Gasteiger partial charge in [0.2, 0.25) is 0 Å². The Kier molecular flexibility index (Phi) is 4.94. The average Bonchev–Trinajstić information content (AvgIpc) is 3.28. The van der Waals surface area contributed by atoms with Crippen LogP contribution >= 0.6 is 0 Å². The zero-order valence-electron chi connectivity index (χ0n) is 15.0. The Morgan fingerprint density at radius 3 is 2.85 bits per heavy atom. The minimum Gasteiger partial charge on any atom is -0.332 e. The number of piperidine rings is 1. The third-order valence-electron chi connectivity index (χ3n) is 5.53. The fraction of sp³-hybridized carbons (Fsp3) is 0.556. The standard InChI is InChI=1S/C18H26N6O2/c25-17(20-8-12-22-11-7-19-13-22)23-9-5-14(6-10-23)24-16-4-2-1-3-15(16)21-18(24)26/h1-4,14,19H,5-13H2,(H,20,25)(H,21,26)/p+1. The average molecular weight is 359 g/mol. The molecule has 4 N–H and O–H groups in total. The highest BCUT2D eigenvalue weighted by Crippen LogP contribution is 2.24. The maximum absolute atomic E-state index is 12.4. The molecule has 2 fully saturated rings. The lowest BCUT2D eigenvalue weighted by Gasteiger charge is -2.32. The van der Waals surface area contributed by atoms with Crippen molar-refractivity contribution in [2.75, 3.05) is 45.9 Å². The number of likely N-dealkylation sites (tertiary alicyclic amines) is 1. The molecule has 26 heavy (non-hydrogen) atoms. The number of carbonyl (C=O) groups is 1. The van der Waals surface area contributed by atoms with Crippen molar-refractivity contribution in [1.29, 1.82) is 0 Å². The number of aromatic nitrogens is 2. The van der Waals surface area contributed by atoms with Gasteiger partial charge >= 0.3 is 11.7 Å². The van der Waals surface area contributed by atoms with E-state index in [1.807, 2.05) is 33.7 Å². The van der Waals surface area contributed by atoms with Gasteiger partial charge in [-0.15, -0.1) is 0 Å². The Morgan fingerprint density at radius 2 is 2.08 bits per heavy atom. The quantitative estimate of drug-likeness (QED) is 0.572. The summed E-state index contributed by atoms with van der Waals surface area (Å²) in [4.78, 5) is 31.0. The van der Waals surface area contributed by atoms with Crippen molar-refractivity contribution in [1.82, 2.24) is 25.1 Å². The van der Waals surface area contributed by atoms with E-state index in [4.69, 9.17) is 0 Å². The van der Waals surface area contributed by atoms with Crippen LogP contribution < -0.4 is 21.2 Å². The molecule has 4 rings (SSSR count). The predicted octanol–water partition coefficient (Wildman–Crippen LogP) is -0.878. The fourth-order valence-corrected chi connectivity index (χ4v) is 4.05. The largest absolute Gasteiger partial charge is 0.332 e. The number of hydrogen-bond donors (Lipinski definition) is 4. The van der Waals surface area contributed by atoms with Crippen LogP contribution in [0.25, 0.3) is 11.0 Å². The van der Waals surface area contributed by atoms with Crippen LogP contribution in [-0.4, -0.2) is 66.4 Å². The number of benzene rings is 1. The van der Waals surface area contributed by atoms with E-state index in [1.54, 1.807) is 0 Å². The Balaban J connectivity index is 1.31. The third kappa shape index (κ3) is 3.47. The highest BCUT2D eigenvalue weighted by molar-refractivity contribution is 5.75. The summed E-state index contributed by atoms with van der Waals surface area (Å²) in [5.41, 5.74) is 1.76. The molecule has 1 atom stereocenters. The molecule has 140 valence electrons. The second-order valence-electron chi connectivity index (χ2n) is 7.19. The highest BCUT2D eigenvalue weighted by Gasteiger charge is 2.26. The van der Waals surface area contributed by atoms with Crippen molar-refractivity contribution in [3.63, 3.8) is 0 Å². The van der Waals surface area contributed by atoms with Gasteiger partial charge in [0.15, 0.2) is 0 Å². The molecule has 0 saturated carbocycles. The molecule has 1 unspecified atom stereocenters. The molecule has 8 heteroatoms. The monoisotopic (exact) mass is 359 g/mol. The molecular formula is C18H27N6O2+. The number of nitrogens with one attached hydrogen (secondary N) is 4. The topological polar surface area (TPSA) is 86.6 Å². The van der Waals surface area contributed by atoms with Crippen LogP contribution in [0.2, 0.25) is 0 Å². The van der Waals surface area contributed by atoms with E-state index >= 15 is 0 Å². The molecule has 3 heterocycles. The Morgan fingerprint density at radius 1 is 1.27 bits per heavy atom. The number of nitrogens with zero attached hydrogens (tertiary/aromatic N) is 2. The number of amides is 2. The lowest BCUT2D eigenvalue weighted by atomic mass is 10.0. The lowest BCUT2D eigenvalue weighted by Crippen LogP contribution is -3.11. The fourth-order valence-electron chi connectivity index (χ4n) is 4.05. The number of hydrogen-bond acceptors (Lipinski definition) is 3. The number of aromatic amines is 1. The second kappa shape index (κ2) is 7.51. The molecule has 2 saturated heterocycles. The van der Waals surface area contributed by atoms with Gasteiger partial charge in [-0.2, -0.15) is 0 Å². The molecule has 2 aliphatic rings. The summed E-state index contributed by atoms with van der Waals surface area (Å²) in [6.45, 7) is 6.20. The SMILES string of the molecule is O=C(NCC[NH+]1CCNC1)N1CCC(n2c(=O)[nH]c3ccccc32)CC1. The van der Waals surface area contributed by atoms with Crippen molar-refractivity contribution >= 4 is 17.1 Å². The Hall–Kier alpha value is -2.32. The van der Waals surface area contributed by atoms with Gasteiger partial charge in [0.1, 0.15) is 6.67 Å². The van der Waals surface area contributed by atoms with Crippen molar-refractivity contribution in [2.24, 2.45) is 0 Å². The van der Waals surface area contributed by atoms with Gasteiger partial charge in [0.05, 0.1) is 30.7 Å². The number of rotatable bonds is 4. The van der Waals surface area contributed by atoms with Crippen LogP contribution in [0.1, 0.15) is 18.9 Å². The van der Waals surface area contributed by atoms with Gasteiger partial charge < -0.3 is 20.1 Å². The maximum Gasteiger partial charge on any atom is 0.326 e. The van der Waals surface area contributed by atoms with E-state index in [0.29, 0.717) is 19.6 Å². The molecule has 2 aromatic rings. The first kappa shape index (κ1) is 17.1. The number of imidazole rings is 1. The van der Waals surface area contributed by atoms with Gasteiger partial charge in [-0.25, -0.2) is 9.59 Å². The number of H-pyrrole nitrogens is 1. The van der Waals surface area contributed by atoms with E-state index in [9.17, 15) is 9.59 Å². The first-order chi connectivity index (χ1) is 12.7. The van der Waals surface area contributed by atoms with Crippen LogP contribution in [0.15, 0.2) is 29.1 Å². The molecule has 2 amide bonds. The van der Waals surface area contributed by atoms with Gasteiger partial charge in [-0.05, 0) is 25.0 Å². The summed E-state index contributed by atoms with van der Waals surface area (Å²) in [5, 5.41) is 6.35. The zero-order valence-corrected chi connectivity index (χ0v) is 15.0. The van der Waals surface area contributed by atoms with Crippen LogP contribution in [0.3, 0.4) is 0 Å². The third-order valence-corrected chi connectivity index (χ3v) is 5.53. The number of quaternary nitrogens is 1. The van der Waals surface area contributed by atoms with Crippen LogP contribution in [0, 0.1) is 0 Å². The van der Waals surface area contributed by atoms with Crippen LogP contribution in [0.5, 0.6) is 0 Å². The Labute approximate surface area is 152 Å². The van der Waals surface area contributed by atoms with Crippen LogP contribution in [0.4, 0.5) is 4.79 Å². The second-order valence-corrected chi connectivity index (χ2v) is 7.19. The predicted molar refractivity (Wildman–Crippen MR) is 99.4 cm³/mol. The van der Waals surface area contributed by atoms with Gasteiger partial charge in [-0.1, -0.05) is 12.1 Å². The molecule has 2 aliphatic heterocycles. The van der Waals surface area contributed by atoms with Gasteiger partial charge in [0, 0.05) is 25.7 Å². The summed E-state index contributed by atoms with van der Waals surface area (Å²) in [5.74, 6) is 0. The van der Waals surface area contributed by atoms with Crippen molar-refractivity contribution in [3.05, 3.63) is 34.7 Å². The summed E-state index contributed by atoms with van der Waals surface area (Å²) in [7, 11) is 0. The number of urea groups is 1. The molecule has 0 spiro atoms. The van der Waals surface area contributed by atoms with Crippen LogP contribution in [-0.2, 0) is 0 Å². The van der Waals surface area contributed by atoms with E-state index in [0.717, 1.165) is 50.2 Å². The lowest BCUT2D eigenvalue weighted by molar-refractivity contribution is -0.886. The van der Waals surface area contributed by atoms with E-state index < -0.39 is 0 Å². The Bertz CT molecular complexity index is 814. The highest BCUT2D eigenvalue weighted by atomic mass is 16.2. The summed E-state index contributed by atoms with van der Waals surface area (Å²) in [6, 6.07) is 7.93. The van der Waals surface area contributed by atoms with Crippen molar-refractivity contribution < 1.29 is 9.69 Å². The minimum absolute atomic E-state index is 0.0151. The molecule has 8 nitrogen and oxygen atoms in total. The normalized spacial score (nSPS) is 21.4. The number of fused-ring (bicyclic) bond motifs is 1. The first-order valence-corrected chi connectivity index (χ1v) is 9.48.